The molecule has 0 saturated heterocycles. The van der Waals surface area contributed by atoms with Crippen LogP contribution in [0.4, 0.5) is 16.2 Å². The first kappa shape index (κ1) is 28.2. The number of nitrogens with zero attached hydrogens (tertiary/aromatic N) is 2. The molecule has 0 spiro atoms. The van der Waals surface area contributed by atoms with Gasteiger partial charge in [-0.25, -0.2) is 4.79 Å². The molecule has 1 atom stereocenters. The molecule has 1 aliphatic rings. The van der Waals surface area contributed by atoms with Gasteiger partial charge in [0.05, 0.1) is 25.0 Å². The van der Waals surface area contributed by atoms with Gasteiger partial charge in [0.15, 0.2) is 0 Å². The number of carbonyl (C=O) groups excluding carboxylic acids is 3. The smallest absolute Gasteiger partial charge is 0.410 e. The van der Waals surface area contributed by atoms with E-state index in [1.165, 1.54) is 11.9 Å². The first-order chi connectivity index (χ1) is 18.5. The molecule has 0 bridgehead atoms. The zero-order chi connectivity index (χ0) is 28.3. The van der Waals surface area contributed by atoms with E-state index in [4.69, 9.17) is 9.47 Å². The maximum Gasteiger partial charge on any atom is 0.410 e. The second-order valence-electron chi connectivity index (χ2n) is 10.4. The third kappa shape index (κ3) is 6.62. The molecule has 4 rings (SSSR count). The van der Waals surface area contributed by atoms with Gasteiger partial charge in [-0.15, -0.1) is 0 Å². The van der Waals surface area contributed by atoms with Gasteiger partial charge in [-0.05, 0) is 61.9 Å². The normalized spacial score (nSPS) is 15.2. The number of carbonyl (C=O) groups is 3. The monoisotopic (exact) mass is 596 g/mol. The number of anilines is 2. The zero-order valence-electron chi connectivity index (χ0n) is 22.7. The minimum absolute atomic E-state index is 0.188. The molecule has 1 heterocycles. The number of hydrogen-bond donors (Lipinski definition) is 2. The lowest BCUT2D eigenvalue weighted by molar-refractivity contribution is -0.127. The number of rotatable bonds is 6. The molecule has 0 aromatic heterocycles. The van der Waals surface area contributed by atoms with Gasteiger partial charge in [-0.3, -0.25) is 9.59 Å². The van der Waals surface area contributed by atoms with Crippen molar-refractivity contribution < 1.29 is 23.9 Å². The van der Waals surface area contributed by atoms with Crippen molar-refractivity contribution in [2.24, 2.45) is 0 Å². The Morgan fingerprint density at radius 1 is 1.15 bits per heavy atom. The molecule has 1 unspecified atom stereocenters. The predicted octanol–water partition coefficient (Wildman–Crippen LogP) is 4.92. The van der Waals surface area contributed by atoms with Crippen LogP contribution in [0.2, 0.25) is 0 Å². The maximum atomic E-state index is 14.0. The van der Waals surface area contributed by atoms with E-state index in [0.29, 0.717) is 11.4 Å². The topological polar surface area (TPSA) is 100 Å². The van der Waals surface area contributed by atoms with Gasteiger partial charge >= 0.3 is 6.09 Å². The van der Waals surface area contributed by atoms with Crippen LogP contribution in [0, 0.1) is 0 Å². The standard InChI is InChI=1S/C29H33BrN4O5/c1-29(2,3)39-28(37)33(4)17-26(35)32-23-15-31-22-8-6-7-9-24(22)34(27(23)36)16-21-20-12-11-19(30)14-18(20)10-13-25(21)38-5/h6-14,23,31H,15-17H2,1-5H3,(H,32,35). The predicted molar refractivity (Wildman–Crippen MR) is 155 cm³/mol. The Morgan fingerprint density at radius 3 is 2.62 bits per heavy atom. The van der Waals surface area contributed by atoms with Crippen molar-refractivity contribution in [3.63, 3.8) is 0 Å². The molecule has 39 heavy (non-hydrogen) atoms. The van der Waals surface area contributed by atoms with Crippen LogP contribution < -0.4 is 20.3 Å². The highest BCUT2D eigenvalue weighted by atomic mass is 79.9. The number of hydrogen-bond acceptors (Lipinski definition) is 6. The van der Waals surface area contributed by atoms with Crippen LogP contribution in [0.1, 0.15) is 26.3 Å². The number of ether oxygens (including phenoxy) is 2. The lowest BCUT2D eigenvalue weighted by Crippen LogP contribution is -2.52. The number of benzene rings is 3. The van der Waals surface area contributed by atoms with Gasteiger partial charge in [-0.1, -0.05) is 40.2 Å². The van der Waals surface area contributed by atoms with Crippen LogP contribution in [0.5, 0.6) is 5.75 Å². The van der Waals surface area contributed by atoms with Gasteiger partial charge in [0.25, 0.3) is 5.91 Å². The van der Waals surface area contributed by atoms with E-state index < -0.39 is 23.6 Å². The van der Waals surface area contributed by atoms with Gasteiger partial charge in [-0.2, -0.15) is 0 Å². The van der Waals surface area contributed by atoms with E-state index in [0.717, 1.165) is 26.5 Å². The summed E-state index contributed by atoms with van der Waals surface area (Å²) in [5.41, 5.74) is 1.63. The molecule has 1 aliphatic heterocycles. The fourth-order valence-electron chi connectivity index (χ4n) is 4.46. The summed E-state index contributed by atoms with van der Waals surface area (Å²) in [6.45, 7) is 5.43. The lowest BCUT2D eigenvalue weighted by atomic mass is 10.0. The maximum absolute atomic E-state index is 14.0. The molecule has 10 heteroatoms. The fourth-order valence-corrected chi connectivity index (χ4v) is 4.84. The lowest BCUT2D eigenvalue weighted by Gasteiger charge is -2.28. The molecule has 0 fully saturated rings. The average Bonchev–Trinajstić information content (AvgIpc) is 3.00. The second kappa shape index (κ2) is 11.5. The van der Waals surface area contributed by atoms with Crippen molar-refractivity contribution in [2.75, 3.05) is 37.5 Å². The molecule has 0 radical (unpaired) electrons. The number of likely N-dealkylation sites (N-methyl/N-ethyl adjacent to an activating group) is 1. The molecule has 2 N–H and O–H groups in total. The summed E-state index contributed by atoms with van der Waals surface area (Å²) in [6.07, 6.45) is -0.619. The number of halogens is 1. The number of fused-ring (bicyclic) bond motifs is 2. The number of methoxy groups -OCH3 is 1. The van der Waals surface area contributed by atoms with E-state index in [9.17, 15) is 14.4 Å². The van der Waals surface area contributed by atoms with E-state index in [2.05, 4.69) is 26.6 Å². The molecular formula is C29H33BrN4O5. The largest absolute Gasteiger partial charge is 0.496 e. The molecule has 0 aliphatic carbocycles. The number of amides is 3. The van der Waals surface area contributed by atoms with Crippen LogP contribution in [-0.4, -0.2) is 61.7 Å². The Labute approximate surface area is 236 Å². The van der Waals surface area contributed by atoms with Crippen molar-refractivity contribution >= 4 is 56.0 Å². The van der Waals surface area contributed by atoms with Gasteiger partial charge in [0.2, 0.25) is 5.91 Å². The van der Waals surface area contributed by atoms with Crippen molar-refractivity contribution in [3.8, 4) is 5.75 Å². The highest BCUT2D eigenvalue weighted by molar-refractivity contribution is 9.10. The van der Waals surface area contributed by atoms with Crippen molar-refractivity contribution in [1.82, 2.24) is 10.2 Å². The zero-order valence-corrected chi connectivity index (χ0v) is 24.3. The molecule has 0 saturated carbocycles. The number of para-hydroxylation sites is 2. The molecular weight excluding hydrogens is 564 g/mol. The summed E-state index contributed by atoms with van der Waals surface area (Å²) >= 11 is 3.53. The summed E-state index contributed by atoms with van der Waals surface area (Å²) in [6, 6.07) is 16.5. The highest BCUT2D eigenvalue weighted by Gasteiger charge is 2.33. The Bertz CT molecular complexity index is 1400. The van der Waals surface area contributed by atoms with E-state index in [1.807, 2.05) is 54.6 Å². The van der Waals surface area contributed by atoms with Crippen LogP contribution in [0.3, 0.4) is 0 Å². The molecule has 3 aromatic carbocycles. The third-order valence-corrected chi connectivity index (χ3v) is 6.76. The van der Waals surface area contributed by atoms with Crippen molar-refractivity contribution in [2.45, 2.75) is 39.0 Å². The average molecular weight is 598 g/mol. The van der Waals surface area contributed by atoms with E-state index >= 15 is 0 Å². The minimum Gasteiger partial charge on any atom is -0.496 e. The third-order valence-electron chi connectivity index (χ3n) is 6.26. The van der Waals surface area contributed by atoms with Crippen LogP contribution in [-0.2, 0) is 20.9 Å². The van der Waals surface area contributed by atoms with E-state index in [1.54, 1.807) is 32.8 Å². The summed E-state index contributed by atoms with van der Waals surface area (Å²) in [7, 11) is 3.08. The number of nitrogens with one attached hydrogen (secondary N) is 2. The minimum atomic E-state index is -0.868. The van der Waals surface area contributed by atoms with E-state index in [-0.39, 0.29) is 25.5 Å². The molecule has 9 nitrogen and oxygen atoms in total. The summed E-state index contributed by atoms with van der Waals surface area (Å²) < 4.78 is 12.0. The first-order valence-electron chi connectivity index (χ1n) is 12.6. The SMILES string of the molecule is COc1ccc2cc(Br)ccc2c1CN1C(=O)C(NC(=O)CN(C)C(=O)OC(C)(C)C)CNc2ccccc21. The van der Waals surface area contributed by atoms with Crippen LogP contribution in [0.15, 0.2) is 59.1 Å². The van der Waals surface area contributed by atoms with Gasteiger partial charge in [0.1, 0.15) is 23.9 Å². The second-order valence-corrected chi connectivity index (χ2v) is 11.3. The van der Waals surface area contributed by atoms with Crippen molar-refractivity contribution in [3.05, 3.63) is 64.6 Å². The van der Waals surface area contributed by atoms with Gasteiger partial charge < -0.3 is 29.9 Å². The fraction of sp³-hybridized carbons (Fsp3) is 0.345. The quantitative estimate of drug-likeness (QED) is 0.419. The highest BCUT2D eigenvalue weighted by Crippen LogP contribution is 2.35. The van der Waals surface area contributed by atoms with Crippen molar-refractivity contribution in [1.29, 1.82) is 0 Å². The Hall–Kier alpha value is -3.79. The first-order valence-corrected chi connectivity index (χ1v) is 13.4. The summed E-state index contributed by atoms with van der Waals surface area (Å²) in [5, 5.41) is 8.05. The Balaban J connectivity index is 1.62. The Kier molecular flexibility index (Phi) is 8.34. The molecule has 3 amide bonds. The van der Waals surface area contributed by atoms with Crippen LogP contribution >= 0.6 is 15.9 Å². The summed E-state index contributed by atoms with van der Waals surface area (Å²) in [5.74, 6) is -0.0919. The van der Waals surface area contributed by atoms with Gasteiger partial charge in [0, 0.05) is 23.6 Å². The molecule has 206 valence electrons. The molecule has 3 aromatic rings. The Morgan fingerprint density at radius 2 is 1.90 bits per heavy atom. The van der Waals surface area contributed by atoms with Crippen LogP contribution in [0.25, 0.3) is 10.8 Å². The summed E-state index contributed by atoms with van der Waals surface area (Å²) in [4.78, 5) is 42.0.